The van der Waals surface area contributed by atoms with Crippen LogP contribution in [0.1, 0.15) is 15.9 Å². The first-order valence-electron chi connectivity index (χ1n) is 8.74. The third kappa shape index (κ3) is 4.06. The summed E-state index contributed by atoms with van der Waals surface area (Å²) < 4.78 is 16.2. The molecule has 0 aliphatic heterocycles. The Labute approximate surface area is 164 Å². The van der Waals surface area contributed by atoms with Gasteiger partial charge in [0, 0.05) is 11.8 Å². The second-order valence-corrected chi connectivity index (χ2v) is 5.98. The molecule has 6 nitrogen and oxygen atoms in total. The van der Waals surface area contributed by atoms with Gasteiger partial charge in [-0.15, -0.1) is 0 Å². The predicted molar refractivity (Wildman–Crippen MR) is 107 cm³/mol. The molecule has 144 valence electrons. The van der Waals surface area contributed by atoms with E-state index in [0.717, 1.165) is 5.56 Å². The van der Waals surface area contributed by atoms with E-state index < -0.39 is 0 Å². The average molecular weight is 378 g/mol. The largest absolute Gasteiger partial charge is 0.493 e. The van der Waals surface area contributed by atoms with Gasteiger partial charge in [0.2, 0.25) is 5.75 Å². The number of rotatable bonds is 7. The van der Waals surface area contributed by atoms with E-state index in [4.69, 9.17) is 14.2 Å². The summed E-state index contributed by atoms with van der Waals surface area (Å²) in [6.45, 7) is 0.293. The van der Waals surface area contributed by atoms with Crippen LogP contribution in [0.15, 0.2) is 66.9 Å². The molecule has 0 unspecified atom stereocenters. The van der Waals surface area contributed by atoms with Crippen molar-refractivity contribution in [2.24, 2.45) is 0 Å². The lowest BCUT2D eigenvalue weighted by Crippen LogP contribution is -2.31. The van der Waals surface area contributed by atoms with Crippen molar-refractivity contribution in [1.29, 1.82) is 0 Å². The number of nitrogens with zero attached hydrogens (tertiary/aromatic N) is 2. The van der Waals surface area contributed by atoms with E-state index in [1.54, 1.807) is 50.6 Å². The van der Waals surface area contributed by atoms with E-state index in [2.05, 4.69) is 4.98 Å². The van der Waals surface area contributed by atoms with Crippen molar-refractivity contribution in [2.75, 3.05) is 26.2 Å². The minimum Gasteiger partial charge on any atom is -0.493 e. The van der Waals surface area contributed by atoms with E-state index in [-0.39, 0.29) is 5.91 Å². The number of hydrogen-bond donors (Lipinski definition) is 0. The Morgan fingerprint density at radius 2 is 1.54 bits per heavy atom. The molecule has 1 heterocycles. The molecule has 0 atom stereocenters. The second kappa shape index (κ2) is 8.90. The van der Waals surface area contributed by atoms with Crippen LogP contribution in [-0.4, -0.2) is 32.2 Å². The van der Waals surface area contributed by atoms with Crippen LogP contribution in [0, 0.1) is 0 Å². The van der Waals surface area contributed by atoms with Crippen molar-refractivity contribution >= 4 is 11.7 Å². The van der Waals surface area contributed by atoms with Gasteiger partial charge >= 0.3 is 0 Å². The molecule has 1 amide bonds. The Hall–Kier alpha value is -3.54. The van der Waals surface area contributed by atoms with Crippen LogP contribution in [0.5, 0.6) is 17.2 Å². The predicted octanol–water partition coefficient (Wildman–Crippen LogP) is 3.95. The van der Waals surface area contributed by atoms with E-state index >= 15 is 0 Å². The molecule has 0 aliphatic carbocycles. The zero-order valence-corrected chi connectivity index (χ0v) is 16.1. The highest BCUT2D eigenvalue weighted by Gasteiger charge is 2.21. The molecule has 0 saturated heterocycles. The zero-order valence-electron chi connectivity index (χ0n) is 16.1. The van der Waals surface area contributed by atoms with Gasteiger partial charge in [0.25, 0.3) is 5.91 Å². The Bertz CT molecular complexity index is 905. The number of aromatic nitrogens is 1. The number of hydrogen-bond acceptors (Lipinski definition) is 5. The van der Waals surface area contributed by atoms with Crippen LogP contribution in [-0.2, 0) is 6.54 Å². The maximum absolute atomic E-state index is 13.2. The fourth-order valence-corrected chi connectivity index (χ4v) is 2.92. The molecule has 28 heavy (non-hydrogen) atoms. The van der Waals surface area contributed by atoms with Gasteiger partial charge in [-0.3, -0.25) is 9.69 Å². The van der Waals surface area contributed by atoms with E-state index in [1.807, 2.05) is 42.5 Å². The summed E-state index contributed by atoms with van der Waals surface area (Å²) in [4.78, 5) is 19.2. The molecule has 0 saturated carbocycles. The van der Waals surface area contributed by atoms with Gasteiger partial charge in [0.1, 0.15) is 5.82 Å². The molecule has 1 aromatic heterocycles. The standard InChI is InChI=1S/C22H22N2O4/c1-26-18-13-16(14-19(27-2)21(18)28-3)15-24(20-11-7-8-12-23-20)22(25)17-9-5-4-6-10-17/h4-14H,15H2,1-3H3. The van der Waals surface area contributed by atoms with Crippen molar-refractivity contribution in [3.8, 4) is 17.2 Å². The van der Waals surface area contributed by atoms with Crippen molar-refractivity contribution in [2.45, 2.75) is 6.54 Å². The molecule has 0 radical (unpaired) electrons. The van der Waals surface area contributed by atoms with Crippen LogP contribution in [0.3, 0.4) is 0 Å². The van der Waals surface area contributed by atoms with Crippen molar-refractivity contribution < 1.29 is 19.0 Å². The quantitative estimate of drug-likeness (QED) is 0.623. The van der Waals surface area contributed by atoms with Gasteiger partial charge in [-0.1, -0.05) is 24.3 Å². The number of ether oxygens (including phenoxy) is 3. The smallest absolute Gasteiger partial charge is 0.259 e. The number of carbonyl (C=O) groups is 1. The first-order valence-corrected chi connectivity index (χ1v) is 8.74. The summed E-state index contributed by atoms with van der Waals surface area (Å²) in [6, 6.07) is 18.2. The summed E-state index contributed by atoms with van der Waals surface area (Å²) in [5, 5.41) is 0. The Balaban J connectivity index is 2.02. The fraction of sp³-hybridized carbons (Fsp3) is 0.182. The molecule has 0 N–H and O–H groups in total. The highest BCUT2D eigenvalue weighted by atomic mass is 16.5. The SMILES string of the molecule is COc1cc(CN(C(=O)c2ccccc2)c2ccccn2)cc(OC)c1OC. The number of pyridine rings is 1. The maximum atomic E-state index is 13.2. The molecule has 0 spiro atoms. The van der Waals surface area contributed by atoms with E-state index in [0.29, 0.717) is 35.2 Å². The number of methoxy groups -OCH3 is 3. The lowest BCUT2D eigenvalue weighted by Gasteiger charge is -2.23. The van der Waals surface area contributed by atoms with Gasteiger partial charge in [-0.05, 0) is 42.0 Å². The number of benzene rings is 2. The summed E-state index contributed by atoms with van der Waals surface area (Å²) >= 11 is 0. The number of anilines is 1. The third-order valence-corrected chi connectivity index (χ3v) is 4.26. The number of amides is 1. The number of carbonyl (C=O) groups excluding carboxylic acids is 1. The third-order valence-electron chi connectivity index (χ3n) is 4.26. The lowest BCUT2D eigenvalue weighted by molar-refractivity contribution is 0.0984. The molecular formula is C22H22N2O4. The fourth-order valence-electron chi connectivity index (χ4n) is 2.92. The summed E-state index contributed by atoms with van der Waals surface area (Å²) in [7, 11) is 4.68. The Morgan fingerprint density at radius 3 is 2.07 bits per heavy atom. The van der Waals surface area contributed by atoms with E-state index in [1.165, 1.54) is 0 Å². The molecule has 3 aromatic rings. The van der Waals surface area contributed by atoms with Crippen molar-refractivity contribution in [3.05, 3.63) is 78.0 Å². The van der Waals surface area contributed by atoms with Gasteiger partial charge in [0.05, 0.1) is 27.9 Å². The first-order chi connectivity index (χ1) is 13.7. The highest BCUT2D eigenvalue weighted by molar-refractivity contribution is 6.05. The van der Waals surface area contributed by atoms with Crippen molar-refractivity contribution in [1.82, 2.24) is 4.98 Å². The van der Waals surface area contributed by atoms with Crippen molar-refractivity contribution in [3.63, 3.8) is 0 Å². The Morgan fingerprint density at radius 1 is 0.893 bits per heavy atom. The van der Waals surface area contributed by atoms with Crippen LogP contribution in [0.2, 0.25) is 0 Å². The van der Waals surface area contributed by atoms with Crippen LogP contribution < -0.4 is 19.1 Å². The lowest BCUT2D eigenvalue weighted by atomic mass is 10.1. The van der Waals surface area contributed by atoms with Gasteiger partial charge < -0.3 is 14.2 Å². The first kappa shape index (κ1) is 19.2. The van der Waals surface area contributed by atoms with Gasteiger partial charge in [-0.25, -0.2) is 4.98 Å². The summed E-state index contributed by atoms with van der Waals surface area (Å²) in [6.07, 6.45) is 1.66. The summed E-state index contributed by atoms with van der Waals surface area (Å²) in [5.74, 6) is 1.99. The van der Waals surface area contributed by atoms with Gasteiger partial charge in [-0.2, -0.15) is 0 Å². The molecule has 6 heteroatoms. The second-order valence-electron chi connectivity index (χ2n) is 5.98. The van der Waals surface area contributed by atoms with Crippen LogP contribution in [0.25, 0.3) is 0 Å². The molecule has 0 bridgehead atoms. The monoisotopic (exact) mass is 378 g/mol. The Kier molecular flexibility index (Phi) is 6.11. The normalized spacial score (nSPS) is 10.2. The van der Waals surface area contributed by atoms with Crippen LogP contribution in [0.4, 0.5) is 5.82 Å². The topological polar surface area (TPSA) is 60.9 Å². The van der Waals surface area contributed by atoms with Crippen LogP contribution >= 0.6 is 0 Å². The molecular weight excluding hydrogens is 356 g/mol. The molecule has 0 aliphatic rings. The van der Waals surface area contributed by atoms with Gasteiger partial charge in [0.15, 0.2) is 11.5 Å². The minimum absolute atomic E-state index is 0.145. The molecule has 2 aromatic carbocycles. The minimum atomic E-state index is -0.145. The average Bonchev–Trinajstić information content (AvgIpc) is 2.77. The molecule has 0 fully saturated rings. The van der Waals surface area contributed by atoms with E-state index in [9.17, 15) is 4.79 Å². The maximum Gasteiger partial charge on any atom is 0.259 e. The zero-order chi connectivity index (χ0) is 19.9. The molecule has 3 rings (SSSR count). The summed E-state index contributed by atoms with van der Waals surface area (Å²) in [5.41, 5.74) is 1.41. The highest BCUT2D eigenvalue weighted by Crippen LogP contribution is 2.38.